The molecule has 2 rings (SSSR count). The Kier molecular flexibility index (Phi) is 6.76. The normalized spacial score (nSPS) is 11.5. The van der Waals surface area contributed by atoms with Crippen LogP contribution >= 0.6 is 11.3 Å². The van der Waals surface area contributed by atoms with Crippen molar-refractivity contribution in [3.8, 4) is 5.75 Å². The Morgan fingerprint density at radius 2 is 2.16 bits per heavy atom. The van der Waals surface area contributed by atoms with Crippen LogP contribution in [-0.2, 0) is 4.79 Å². The van der Waals surface area contributed by atoms with Crippen molar-refractivity contribution in [1.29, 1.82) is 0 Å². The maximum absolute atomic E-state index is 12.2. The number of rotatable bonds is 8. The maximum atomic E-state index is 12.2. The Hall–Kier alpha value is -2.61. The van der Waals surface area contributed by atoms with Crippen LogP contribution in [-0.4, -0.2) is 36.5 Å². The van der Waals surface area contributed by atoms with E-state index in [9.17, 15) is 9.59 Å². The highest BCUT2D eigenvalue weighted by Crippen LogP contribution is 2.23. The first-order chi connectivity index (χ1) is 12.0. The largest absolute Gasteiger partial charge is 0.497 e. The van der Waals surface area contributed by atoms with Gasteiger partial charge >= 0.3 is 0 Å². The summed E-state index contributed by atoms with van der Waals surface area (Å²) in [6.07, 6.45) is 0.845. The molecule has 134 valence electrons. The minimum Gasteiger partial charge on any atom is -0.497 e. The van der Waals surface area contributed by atoms with E-state index in [1.54, 1.807) is 19.4 Å². The van der Waals surface area contributed by atoms with Crippen LogP contribution in [0.15, 0.2) is 29.6 Å². The molecule has 0 saturated carbocycles. The number of ether oxygens (including phenoxy) is 1. The third kappa shape index (κ3) is 5.46. The monoisotopic (exact) mass is 362 g/mol. The first-order valence-electron chi connectivity index (χ1n) is 7.98. The van der Waals surface area contributed by atoms with Crippen LogP contribution in [0.2, 0.25) is 0 Å². The summed E-state index contributed by atoms with van der Waals surface area (Å²) in [7, 11) is 1.60. The molecule has 1 atom stereocenters. The van der Waals surface area contributed by atoms with Crippen molar-refractivity contribution in [2.45, 2.75) is 26.3 Å². The molecule has 0 aliphatic carbocycles. The molecule has 1 heterocycles. The second kappa shape index (κ2) is 9.03. The van der Waals surface area contributed by atoms with Crippen molar-refractivity contribution in [1.82, 2.24) is 15.6 Å². The van der Waals surface area contributed by atoms with Crippen LogP contribution in [0.5, 0.6) is 5.75 Å². The van der Waals surface area contributed by atoms with Crippen LogP contribution < -0.4 is 20.7 Å². The first kappa shape index (κ1) is 18.7. The van der Waals surface area contributed by atoms with E-state index >= 15 is 0 Å². The number of methoxy groups -OCH3 is 1. The van der Waals surface area contributed by atoms with Gasteiger partial charge in [-0.05, 0) is 25.5 Å². The van der Waals surface area contributed by atoms with Gasteiger partial charge in [-0.2, -0.15) is 0 Å². The van der Waals surface area contributed by atoms with Gasteiger partial charge in [0.25, 0.3) is 5.91 Å². The predicted octanol–water partition coefficient (Wildman–Crippen LogP) is 2.54. The number of benzene rings is 1. The molecule has 0 saturated heterocycles. The Balaban J connectivity index is 1.95. The molecule has 7 nitrogen and oxygen atoms in total. The molecule has 3 N–H and O–H groups in total. The summed E-state index contributed by atoms with van der Waals surface area (Å²) in [5, 5.41) is 10.7. The highest BCUT2D eigenvalue weighted by atomic mass is 32.1. The summed E-state index contributed by atoms with van der Waals surface area (Å²) in [4.78, 5) is 28.3. The van der Waals surface area contributed by atoms with E-state index in [1.807, 2.05) is 31.2 Å². The number of hydrogen-bond donors (Lipinski definition) is 3. The topological polar surface area (TPSA) is 92.4 Å². The average molecular weight is 362 g/mol. The van der Waals surface area contributed by atoms with Crippen molar-refractivity contribution < 1.29 is 14.3 Å². The third-order valence-electron chi connectivity index (χ3n) is 3.35. The van der Waals surface area contributed by atoms with E-state index in [4.69, 9.17) is 4.74 Å². The standard InChI is InChI=1S/C17H22N4O3S/c1-4-8-18-15(22)11(2)19-16(23)14-10-25-17(21-14)20-12-6-5-7-13(9-12)24-3/h5-7,9-11H,4,8H2,1-3H3,(H,18,22)(H,19,23)(H,20,21). The molecule has 2 amide bonds. The Morgan fingerprint density at radius 1 is 1.36 bits per heavy atom. The fraction of sp³-hybridized carbons (Fsp3) is 0.353. The minimum atomic E-state index is -0.615. The molecule has 2 aromatic rings. The quantitative estimate of drug-likeness (QED) is 0.671. The lowest BCUT2D eigenvalue weighted by Gasteiger charge is -2.12. The highest BCUT2D eigenvalue weighted by molar-refractivity contribution is 7.14. The van der Waals surface area contributed by atoms with E-state index < -0.39 is 6.04 Å². The van der Waals surface area contributed by atoms with Gasteiger partial charge < -0.3 is 20.7 Å². The number of anilines is 2. The number of carbonyl (C=O) groups is 2. The van der Waals surface area contributed by atoms with E-state index in [0.29, 0.717) is 11.7 Å². The molecule has 0 radical (unpaired) electrons. The second-order valence-corrected chi connectivity index (χ2v) is 6.24. The van der Waals surface area contributed by atoms with E-state index in [-0.39, 0.29) is 17.5 Å². The van der Waals surface area contributed by atoms with Crippen LogP contribution in [0.25, 0.3) is 0 Å². The van der Waals surface area contributed by atoms with Gasteiger partial charge in [-0.15, -0.1) is 11.3 Å². The number of thiazole rings is 1. The van der Waals surface area contributed by atoms with E-state index in [2.05, 4.69) is 20.9 Å². The van der Waals surface area contributed by atoms with Crippen LogP contribution in [0.1, 0.15) is 30.8 Å². The van der Waals surface area contributed by atoms with Crippen LogP contribution in [0.3, 0.4) is 0 Å². The zero-order valence-electron chi connectivity index (χ0n) is 14.5. The van der Waals surface area contributed by atoms with E-state index in [0.717, 1.165) is 17.9 Å². The molecule has 1 aromatic heterocycles. The van der Waals surface area contributed by atoms with Gasteiger partial charge in [0.05, 0.1) is 7.11 Å². The Bertz CT molecular complexity index is 732. The molecule has 25 heavy (non-hydrogen) atoms. The lowest BCUT2D eigenvalue weighted by Crippen LogP contribution is -2.45. The minimum absolute atomic E-state index is 0.208. The number of aromatic nitrogens is 1. The van der Waals surface area contributed by atoms with Crippen molar-refractivity contribution in [3.05, 3.63) is 35.3 Å². The molecule has 0 aliphatic heterocycles. The second-order valence-electron chi connectivity index (χ2n) is 5.38. The Labute approximate surface area is 150 Å². The van der Waals surface area contributed by atoms with Crippen LogP contribution in [0, 0.1) is 0 Å². The van der Waals surface area contributed by atoms with Gasteiger partial charge in [0.2, 0.25) is 5.91 Å². The number of nitrogens with one attached hydrogen (secondary N) is 3. The van der Waals surface area contributed by atoms with Gasteiger partial charge in [-0.25, -0.2) is 4.98 Å². The lowest BCUT2D eigenvalue weighted by atomic mass is 10.3. The fourth-order valence-electron chi connectivity index (χ4n) is 2.00. The summed E-state index contributed by atoms with van der Waals surface area (Å²) in [5.74, 6) is 0.140. The number of carbonyl (C=O) groups excluding carboxylic acids is 2. The summed E-state index contributed by atoms with van der Waals surface area (Å²) in [5.41, 5.74) is 1.08. The molecular formula is C17H22N4O3S. The summed E-state index contributed by atoms with van der Waals surface area (Å²) in [6, 6.07) is 6.80. The summed E-state index contributed by atoms with van der Waals surface area (Å²) < 4.78 is 5.17. The number of hydrogen-bond acceptors (Lipinski definition) is 6. The Morgan fingerprint density at radius 3 is 2.88 bits per heavy atom. The first-order valence-corrected chi connectivity index (χ1v) is 8.86. The van der Waals surface area contributed by atoms with Crippen molar-refractivity contribution in [3.63, 3.8) is 0 Å². The predicted molar refractivity (Wildman–Crippen MR) is 98.6 cm³/mol. The third-order valence-corrected chi connectivity index (χ3v) is 4.11. The van der Waals surface area contributed by atoms with Gasteiger partial charge in [0, 0.05) is 23.7 Å². The van der Waals surface area contributed by atoms with Crippen molar-refractivity contribution in [2.75, 3.05) is 19.0 Å². The zero-order chi connectivity index (χ0) is 18.2. The average Bonchev–Trinajstić information content (AvgIpc) is 3.08. The molecule has 0 aliphatic rings. The maximum Gasteiger partial charge on any atom is 0.271 e. The summed E-state index contributed by atoms with van der Waals surface area (Å²) in [6.45, 7) is 4.20. The SMILES string of the molecule is CCCNC(=O)C(C)NC(=O)c1csc(Nc2cccc(OC)c2)n1. The molecule has 8 heteroatoms. The summed E-state index contributed by atoms with van der Waals surface area (Å²) >= 11 is 1.31. The van der Waals surface area contributed by atoms with Crippen molar-refractivity contribution >= 4 is 34.0 Å². The lowest BCUT2D eigenvalue weighted by molar-refractivity contribution is -0.122. The van der Waals surface area contributed by atoms with Gasteiger partial charge in [0.15, 0.2) is 5.13 Å². The molecular weight excluding hydrogens is 340 g/mol. The molecule has 1 unspecified atom stereocenters. The van der Waals surface area contributed by atoms with E-state index in [1.165, 1.54) is 11.3 Å². The molecule has 0 fully saturated rings. The zero-order valence-corrected chi connectivity index (χ0v) is 15.3. The highest BCUT2D eigenvalue weighted by Gasteiger charge is 2.18. The molecule has 0 bridgehead atoms. The van der Waals surface area contributed by atoms with Gasteiger partial charge in [0.1, 0.15) is 17.5 Å². The number of nitrogens with zero attached hydrogens (tertiary/aromatic N) is 1. The van der Waals surface area contributed by atoms with Gasteiger partial charge in [-0.3, -0.25) is 9.59 Å². The van der Waals surface area contributed by atoms with Crippen molar-refractivity contribution in [2.24, 2.45) is 0 Å². The fourth-order valence-corrected chi connectivity index (χ4v) is 2.71. The van der Waals surface area contributed by atoms with Gasteiger partial charge in [-0.1, -0.05) is 13.0 Å². The molecule has 0 spiro atoms. The smallest absolute Gasteiger partial charge is 0.271 e. The number of amides is 2. The van der Waals surface area contributed by atoms with Crippen LogP contribution in [0.4, 0.5) is 10.8 Å². The molecule has 1 aromatic carbocycles.